The first-order valence-electron chi connectivity index (χ1n) is 3.68. The number of hydrogen-bond acceptors (Lipinski definition) is 1. The zero-order valence-corrected chi connectivity index (χ0v) is 6.54. The molecule has 0 aliphatic heterocycles. The topological polar surface area (TPSA) is 53.1 Å². The molecule has 0 saturated carbocycles. The van der Waals surface area contributed by atoms with Crippen molar-refractivity contribution in [3.8, 4) is 0 Å². The quantitative estimate of drug-likeness (QED) is 0.703. The van der Waals surface area contributed by atoms with Crippen molar-refractivity contribution in [1.29, 1.82) is 0 Å². The smallest absolute Gasteiger partial charge is 0.335 e. The van der Waals surface area contributed by atoms with E-state index >= 15 is 0 Å². The molecule has 2 N–H and O–H groups in total. The number of carbonyl (C=O) groups is 1. The molecule has 2 rings (SSSR count). The summed E-state index contributed by atoms with van der Waals surface area (Å²) in [7, 11) is 0. The predicted molar refractivity (Wildman–Crippen MR) is 45.2 cm³/mol. The first kappa shape index (κ1) is 7.79. The third-order valence-electron chi connectivity index (χ3n) is 1.83. The Morgan fingerprint density at radius 2 is 2.15 bits per heavy atom. The predicted octanol–water partition coefficient (Wildman–Crippen LogP) is 2.01. The number of nitrogens with one attached hydrogen (secondary N) is 1. The van der Waals surface area contributed by atoms with Crippen LogP contribution in [0.25, 0.3) is 10.9 Å². The average molecular weight is 179 g/mol. The van der Waals surface area contributed by atoms with Gasteiger partial charge in [-0.25, -0.2) is 4.79 Å². The lowest BCUT2D eigenvalue weighted by molar-refractivity contribution is 0.0697. The van der Waals surface area contributed by atoms with Gasteiger partial charge in [0.2, 0.25) is 0 Å². The summed E-state index contributed by atoms with van der Waals surface area (Å²) < 4.78 is 12.7. The lowest BCUT2D eigenvalue weighted by Gasteiger charge is -1.93. The van der Waals surface area contributed by atoms with Crippen molar-refractivity contribution in [2.24, 2.45) is 0 Å². The van der Waals surface area contributed by atoms with Crippen LogP contribution in [0.3, 0.4) is 0 Å². The largest absolute Gasteiger partial charge is 0.478 e. The Kier molecular flexibility index (Phi) is 1.55. The number of aromatic carboxylic acids is 1. The van der Waals surface area contributed by atoms with E-state index in [-0.39, 0.29) is 5.56 Å². The SMILES string of the molecule is O=C(O)c1ccc2[nH]c(F)cc2c1. The molecule has 0 bridgehead atoms. The summed E-state index contributed by atoms with van der Waals surface area (Å²) in [5, 5.41) is 9.21. The fourth-order valence-electron chi connectivity index (χ4n) is 1.23. The van der Waals surface area contributed by atoms with Gasteiger partial charge in [0.25, 0.3) is 0 Å². The van der Waals surface area contributed by atoms with E-state index in [2.05, 4.69) is 4.98 Å². The molecule has 0 radical (unpaired) electrons. The molecule has 0 amide bonds. The van der Waals surface area contributed by atoms with E-state index in [4.69, 9.17) is 5.11 Å². The van der Waals surface area contributed by atoms with Gasteiger partial charge in [0.15, 0.2) is 5.95 Å². The number of hydrogen-bond donors (Lipinski definition) is 2. The Morgan fingerprint density at radius 3 is 2.85 bits per heavy atom. The summed E-state index contributed by atoms with van der Waals surface area (Å²) >= 11 is 0. The summed E-state index contributed by atoms with van der Waals surface area (Å²) in [6, 6.07) is 5.67. The highest BCUT2D eigenvalue weighted by Gasteiger charge is 2.05. The Bertz CT molecular complexity index is 475. The molecule has 3 nitrogen and oxygen atoms in total. The fourth-order valence-corrected chi connectivity index (χ4v) is 1.23. The molecule has 2 aromatic rings. The highest BCUT2D eigenvalue weighted by atomic mass is 19.1. The molecule has 0 saturated heterocycles. The van der Waals surface area contributed by atoms with Gasteiger partial charge in [-0.2, -0.15) is 4.39 Å². The number of H-pyrrole nitrogens is 1. The third-order valence-corrected chi connectivity index (χ3v) is 1.83. The summed E-state index contributed by atoms with van der Waals surface area (Å²) in [5.41, 5.74) is 0.758. The van der Waals surface area contributed by atoms with Gasteiger partial charge in [0.05, 0.1) is 5.56 Å². The second-order valence-electron chi connectivity index (χ2n) is 2.72. The fraction of sp³-hybridized carbons (Fsp3) is 0. The van der Waals surface area contributed by atoms with Crippen LogP contribution in [-0.4, -0.2) is 16.1 Å². The molecule has 1 aromatic heterocycles. The van der Waals surface area contributed by atoms with Crippen molar-refractivity contribution in [3.63, 3.8) is 0 Å². The summed E-state index contributed by atoms with van der Waals surface area (Å²) in [6.07, 6.45) is 0. The Hall–Kier alpha value is -1.84. The second-order valence-corrected chi connectivity index (χ2v) is 2.72. The molecule has 0 unspecified atom stereocenters. The molecule has 1 heterocycles. The molecule has 0 fully saturated rings. The molecule has 66 valence electrons. The molecular formula is C9H6FNO2. The molecular weight excluding hydrogens is 173 g/mol. The second kappa shape index (κ2) is 2.58. The van der Waals surface area contributed by atoms with Crippen LogP contribution < -0.4 is 0 Å². The van der Waals surface area contributed by atoms with Gasteiger partial charge in [-0.3, -0.25) is 0 Å². The Balaban J connectivity index is 2.67. The van der Waals surface area contributed by atoms with Crippen molar-refractivity contribution >= 4 is 16.9 Å². The lowest BCUT2D eigenvalue weighted by atomic mass is 10.1. The highest BCUT2D eigenvalue weighted by molar-refractivity contribution is 5.93. The van der Waals surface area contributed by atoms with Crippen LogP contribution in [0.2, 0.25) is 0 Å². The van der Waals surface area contributed by atoms with Crippen molar-refractivity contribution < 1.29 is 14.3 Å². The van der Waals surface area contributed by atoms with E-state index in [1.54, 1.807) is 6.07 Å². The van der Waals surface area contributed by atoms with Crippen molar-refractivity contribution in [1.82, 2.24) is 4.98 Å². The van der Waals surface area contributed by atoms with Crippen LogP contribution in [0.4, 0.5) is 4.39 Å². The highest BCUT2D eigenvalue weighted by Crippen LogP contribution is 2.16. The van der Waals surface area contributed by atoms with Gasteiger partial charge < -0.3 is 10.1 Å². The van der Waals surface area contributed by atoms with Crippen molar-refractivity contribution in [2.45, 2.75) is 0 Å². The van der Waals surface area contributed by atoms with E-state index in [0.717, 1.165) is 0 Å². The maximum atomic E-state index is 12.7. The Labute approximate surface area is 72.8 Å². The van der Waals surface area contributed by atoms with Crippen molar-refractivity contribution in [3.05, 3.63) is 35.8 Å². The van der Waals surface area contributed by atoms with Crippen LogP contribution >= 0.6 is 0 Å². The first-order valence-corrected chi connectivity index (χ1v) is 3.68. The summed E-state index contributed by atoms with van der Waals surface area (Å²) in [4.78, 5) is 13.0. The zero-order chi connectivity index (χ0) is 9.42. The number of fused-ring (bicyclic) bond motifs is 1. The van der Waals surface area contributed by atoms with Crippen LogP contribution in [-0.2, 0) is 0 Å². The number of carboxylic acid groups (broad SMARTS) is 1. The maximum Gasteiger partial charge on any atom is 0.335 e. The van der Waals surface area contributed by atoms with E-state index in [1.165, 1.54) is 18.2 Å². The average Bonchev–Trinajstić information content (AvgIpc) is 2.42. The van der Waals surface area contributed by atoms with Gasteiger partial charge in [-0.05, 0) is 18.2 Å². The molecule has 0 spiro atoms. The Morgan fingerprint density at radius 1 is 1.38 bits per heavy atom. The van der Waals surface area contributed by atoms with E-state index < -0.39 is 11.9 Å². The lowest BCUT2D eigenvalue weighted by Crippen LogP contribution is -1.94. The van der Waals surface area contributed by atoms with Gasteiger partial charge in [0.1, 0.15) is 0 Å². The van der Waals surface area contributed by atoms with E-state index in [0.29, 0.717) is 10.9 Å². The molecule has 4 heteroatoms. The minimum atomic E-state index is -1.01. The van der Waals surface area contributed by atoms with E-state index in [1.807, 2.05) is 0 Å². The summed E-state index contributed by atoms with van der Waals surface area (Å²) in [5.74, 6) is -1.47. The molecule has 13 heavy (non-hydrogen) atoms. The molecule has 0 atom stereocenters. The molecule has 0 aliphatic carbocycles. The first-order chi connectivity index (χ1) is 6.16. The van der Waals surface area contributed by atoms with Gasteiger partial charge >= 0.3 is 5.97 Å². The third kappa shape index (κ3) is 1.26. The standard InChI is InChI=1S/C9H6FNO2/c10-8-4-6-3-5(9(12)13)1-2-7(6)11-8/h1-4,11H,(H,12,13). The molecule has 0 aliphatic rings. The number of carboxylic acids is 1. The van der Waals surface area contributed by atoms with E-state index in [9.17, 15) is 9.18 Å². The van der Waals surface area contributed by atoms with Gasteiger partial charge in [0, 0.05) is 17.0 Å². The van der Waals surface area contributed by atoms with Gasteiger partial charge in [-0.15, -0.1) is 0 Å². The zero-order valence-electron chi connectivity index (χ0n) is 6.54. The number of rotatable bonds is 1. The molecule has 1 aromatic carbocycles. The van der Waals surface area contributed by atoms with Crippen molar-refractivity contribution in [2.75, 3.05) is 0 Å². The normalized spacial score (nSPS) is 10.5. The number of aromatic nitrogens is 1. The number of aromatic amines is 1. The van der Waals surface area contributed by atoms with Crippen LogP contribution in [0, 0.1) is 5.95 Å². The van der Waals surface area contributed by atoms with Crippen LogP contribution in [0.1, 0.15) is 10.4 Å². The number of halogens is 1. The maximum absolute atomic E-state index is 12.7. The number of benzene rings is 1. The minimum Gasteiger partial charge on any atom is -0.478 e. The monoisotopic (exact) mass is 179 g/mol. The van der Waals surface area contributed by atoms with Crippen LogP contribution in [0.5, 0.6) is 0 Å². The van der Waals surface area contributed by atoms with Gasteiger partial charge in [-0.1, -0.05) is 0 Å². The van der Waals surface area contributed by atoms with Crippen LogP contribution in [0.15, 0.2) is 24.3 Å². The minimum absolute atomic E-state index is 0.159. The summed E-state index contributed by atoms with van der Waals surface area (Å²) in [6.45, 7) is 0.